The highest BCUT2D eigenvalue weighted by atomic mass is 19.4. The first-order valence-corrected chi connectivity index (χ1v) is 9.64. The number of hydrogen-bond acceptors (Lipinski definition) is 8. The number of halogens is 3. The summed E-state index contributed by atoms with van der Waals surface area (Å²) < 4.78 is 57.0. The molecular formula is C20H19F3N6O5. The maximum absolute atomic E-state index is 13.8. The van der Waals surface area contributed by atoms with Crippen molar-refractivity contribution < 1.29 is 37.0 Å². The number of amides is 2. The molecule has 0 radical (unpaired) electrons. The van der Waals surface area contributed by atoms with Crippen LogP contribution in [0.5, 0.6) is 17.4 Å². The number of nitrogens with zero attached hydrogens (tertiary/aromatic N) is 4. The van der Waals surface area contributed by atoms with Crippen LogP contribution in [0.25, 0.3) is 5.82 Å². The van der Waals surface area contributed by atoms with E-state index in [0.717, 1.165) is 0 Å². The number of carbonyl (C=O) groups excluding carboxylic acids is 2. The van der Waals surface area contributed by atoms with Gasteiger partial charge in [0.25, 0.3) is 11.8 Å². The van der Waals surface area contributed by atoms with E-state index in [0.29, 0.717) is 23.2 Å². The summed E-state index contributed by atoms with van der Waals surface area (Å²) in [5.74, 6) is -1.59. The van der Waals surface area contributed by atoms with Gasteiger partial charge in [-0.2, -0.15) is 18.3 Å². The molecule has 2 amide bonds. The number of hydrazine groups is 1. The summed E-state index contributed by atoms with van der Waals surface area (Å²) in [6, 6.07) is 6.72. The third-order valence-corrected chi connectivity index (χ3v) is 4.35. The van der Waals surface area contributed by atoms with Crippen molar-refractivity contribution in [1.82, 2.24) is 30.8 Å². The zero-order chi connectivity index (χ0) is 24.9. The molecule has 14 heteroatoms. The molecule has 1 aromatic carbocycles. The van der Waals surface area contributed by atoms with Gasteiger partial charge in [-0.15, -0.1) is 10.2 Å². The molecule has 0 aliphatic rings. The number of nitrogens with one attached hydrogen (secondary N) is 2. The minimum atomic E-state index is -4.97. The second kappa shape index (κ2) is 10.1. The second-order valence-electron chi connectivity index (χ2n) is 6.46. The smallest absolute Gasteiger partial charge is 0.434 e. The lowest BCUT2D eigenvalue weighted by atomic mass is 10.2. The number of ether oxygens (including phenoxy) is 3. The van der Waals surface area contributed by atoms with Gasteiger partial charge in [0.2, 0.25) is 5.88 Å². The molecule has 2 aromatic heterocycles. The Morgan fingerprint density at radius 1 is 1.00 bits per heavy atom. The van der Waals surface area contributed by atoms with Crippen LogP contribution in [0.1, 0.15) is 33.3 Å². The van der Waals surface area contributed by atoms with Gasteiger partial charge in [-0.05, 0) is 31.2 Å². The first kappa shape index (κ1) is 24.3. The van der Waals surface area contributed by atoms with E-state index >= 15 is 0 Å². The number of hydrogen-bond donors (Lipinski definition) is 2. The van der Waals surface area contributed by atoms with Crippen molar-refractivity contribution in [2.24, 2.45) is 0 Å². The van der Waals surface area contributed by atoms with E-state index < -0.39 is 29.2 Å². The van der Waals surface area contributed by atoms with Crippen LogP contribution < -0.4 is 25.1 Å². The molecule has 11 nitrogen and oxygen atoms in total. The molecule has 0 atom stereocenters. The van der Waals surface area contributed by atoms with Crippen LogP contribution >= 0.6 is 0 Å². The average Bonchev–Trinajstić information content (AvgIpc) is 3.29. The largest absolute Gasteiger partial charge is 0.493 e. The predicted molar refractivity (Wildman–Crippen MR) is 110 cm³/mol. The molecule has 0 aliphatic heterocycles. The Bertz CT molecular complexity index is 1180. The molecule has 2 N–H and O–H groups in total. The fourth-order valence-corrected chi connectivity index (χ4v) is 2.83. The van der Waals surface area contributed by atoms with Crippen molar-refractivity contribution in [2.45, 2.75) is 13.1 Å². The van der Waals surface area contributed by atoms with Crippen LogP contribution in [0.3, 0.4) is 0 Å². The van der Waals surface area contributed by atoms with Crippen LogP contribution in [0.2, 0.25) is 0 Å². The lowest BCUT2D eigenvalue weighted by Crippen LogP contribution is -2.42. The van der Waals surface area contributed by atoms with Crippen molar-refractivity contribution in [2.75, 3.05) is 20.8 Å². The lowest BCUT2D eigenvalue weighted by Gasteiger charge is -2.13. The molecule has 3 rings (SSSR count). The summed E-state index contributed by atoms with van der Waals surface area (Å²) in [7, 11) is 2.70. The van der Waals surface area contributed by atoms with E-state index in [4.69, 9.17) is 14.2 Å². The standard InChI is InChI=1S/C20H19F3N6O5/c1-4-34-13-6-5-11(9-14(13)32-2)18(30)27-28-19(31)12-10-24-29(17(12)20(21,22)23)15-7-8-16(33-3)26-25-15/h5-10H,4H2,1-3H3,(H,27,30)(H,28,31). The van der Waals surface area contributed by atoms with Crippen molar-refractivity contribution in [3.05, 3.63) is 53.3 Å². The van der Waals surface area contributed by atoms with Gasteiger partial charge in [0.05, 0.1) is 32.6 Å². The summed E-state index contributed by atoms with van der Waals surface area (Å²) in [5, 5.41) is 10.8. The topological polar surface area (TPSA) is 129 Å². The molecule has 0 saturated carbocycles. The summed E-state index contributed by atoms with van der Waals surface area (Å²) in [6.07, 6.45) is -4.27. The first-order valence-electron chi connectivity index (χ1n) is 9.64. The first-order chi connectivity index (χ1) is 16.2. The number of carbonyl (C=O) groups is 2. The molecule has 2 heterocycles. The minimum Gasteiger partial charge on any atom is -0.493 e. The number of alkyl halides is 3. The van der Waals surface area contributed by atoms with E-state index in [1.165, 1.54) is 44.6 Å². The van der Waals surface area contributed by atoms with Gasteiger partial charge >= 0.3 is 6.18 Å². The van der Waals surface area contributed by atoms with Crippen molar-refractivity contribution >= 4 is 11.8 Å². The van der Waals surface area contributed by atoms with Gasteiger partial charge < -0.3 is 14.2 Å². The van der Waals surface area contributed by atoms with E-state index in [2.05, 4.69) is 20.7 Å². The lowest BCUT2D eigenvalue weighted by molar-refractivity contribution is -0.143. The Hall–Kier alpha value is -4.36. The average molecular weight is 480 g/mol. The maximum atomic E-state index is 13.8. The third-order valence-electron chi connectivity index (χ3n) is 4.35. The van der Waals surface area contributed by atoms with Gasteiger partial charge in [-0.25, -0.2) is 4.68 Å². The molecule has 0 bridgehead atoms. The number of aromatic nitrogens is 4. The normalized spacial score (nSPS) is 11.0. The SMILES string of the molecule is CCOc1ccc(C(=O)NNC(=O)c2cnn(-c3ccc(OC)nn3)c2C(F)(F)F)cc1OC. The zero-order valence-electron chi connectivity index (χ0n) is 18.1. The Labute approximate surface area is 190 Å². The molecule has 0 saturated heterocycles. The fraction of sp³-hybridized carbons (Fsp3) is 0.250. The highest BCUT2D eigenvalue weighted by Crippen LogP contribution is 2.33. The number of rotatable bonds is 7. The van der Waals surface area contributed by atoms with Crippen molar-refractivity contribution in [3.8, 4) is 23.2 Å². The van der Waals surface area contributed by atoms with Gasteiger partial charge in [0.1, 0.15) is 0 Å². The van der Waals surface area contributed by atoms with Crippen LogP contribution in [0.4, 0.5) is 13.2 Å². The molecule has 0 fully saturated rings. The summed E-state index contributed by atoms with van der Waals surface area (Å²) in [6.45, 7) is 2.14. The summed E-state index contributed by atoms with van der Waals surface area (Å²) in [5.41, 5.74) is 1.84. The van der Waals surface area contributed by atoms with Crippen LogP contribution in [0, 0.1) is 0 Å². The van der Waals surface area contributed by atoms with Crippen LogP contribution in [-0.2, 0) is 6.18 Å². The Kier molecular flexibility index (Phi) is 7.18. The Morgan fingerprint density at radius 2 is 1.74 bits per heavy atom. The van der Waals surface area contributed by atoms with E-state index in [1.54, 1.807) is 6.92 Å². The van der Waals surface area contributed by atoms with E-state index in [1.807, 2.05) is 5.43 Å². The molecular weight excluding hydrogens is 461 g/mol. The van der Waals surface area contributed by atoms with Crippen LogP contribution in [-0.4, -0.2) is 52.6 Å². The quantitative estimate of drug-likeness (QED) is 0.493. The highest BCUT2D eigenvalue weighted by Gasteiger charge is 2.41. The third kappa shape index (κ3) is 5.16. The van der Waals surface area contributed by atoms with Gasteiger partial charge in [0, 0.05) is 11.6 Å². The summed E-state index contributed by atoms with van der Waals surface area (Å²) in [4.78, 5) is 24.9. The van der Waals surface area contributed by atoms with Crippen molar-refractivity contribution in [1.29, 1.82) is 0 Å². The van der Waals surface area contributed by atoms with E-state index in [-0.39, 0.29) is 23.0 Å². The van der Waals surface area contributed by atoms with Gasteiger partial charge in [-0.3, -0.25) is 20.4 Å². The molecule has 34 heavy (non-hydrogen) atoms. The van der Waals surface area contributed by atoms with E-state index in [9.17, 15) is 22.8 Å². The molecule has 3 aromatic rings. The molecule has 0 spiro atoms. The molecule has 0 aliphatic carbocycles. The maximum Gasteiger partial charge on any atom is 0.434 e. The second-order valence-corrected chi connectivity index (χ2v) is 6.46. The Morgan fingerprint density at radius 3 is 2.32 bits per heavy atom. The zero-order valence-corrected chi connectivity index (χ0v) is 18.1. The van der Waals surface area contributed by atoms with Crippen LogP contribution in [0.15, 0.2) is 36.5 Å². The monoisotopic (exact) mass is 480 g/mol. The number of benzene rings is 1. The summed E-state index contributed by atoms with van der Waals surface area (Å²) >= 11 is 0. The Balaban J connectivity index is 1.81. The highest BCUT2D eigenvalue weighted by molar-refractivity contribution is 6.00. The van der Waals surface area contributed by atoms with Crippen molar-refractivity contribution in [3.63, 3.8) is 0 Å². The minimum absolute atomic E-state index is 0.0702. The number of methoxy groups -OCH3 is 2. The predicted octanol–water partition coefficient (Wildman–Crippen LogP) is 2.17. The van der Waals surface area contributed by atoms with Gasteiger partial charge in [0.15, 0.2) is 23.0 Å². The van der Waals surface area contributed by atoms with Gasteiger partial charge in [-0.1, -0.05) is 0 Å². The fourth-order valence-electron chi connectivity index (χ4n) is 2.83. The molecule has 0 unspecified atom stereocenters. The molecule has 180 valence electrons.